The molecule has 0 atom stereocenters. The molecule has 0 fully saturated rings. The number of benzene rings is 5. The van der Waals surface area contributed by atoms with E-state index in [1.165, 1.54) is 43.8 Å². The third-order valence-electron chi connectivity index (χ3n) is 7.14. The standard InChI is InChI=1S/C32H21N3/c1-33-23-15-17-30-28(20-23)27-19-22(14-16-29(27)34(30)2)21-8-7-9-24(18-21)35-31-12-5-3-10-25(31)26-11-4-6-13-32(26)35/h3-20H,2H3. The molecule has 35 heavy (non-hydrogen) atoms. The van der Waals surface area contributed by atoms with E-state index in [0.29, 0.717) is 5.69 Å². The van der Waals surface area contributed by atoms with Crippen LogP contribution in [-0.4, -0.2) is 9.13 Å². The first-order chi connectivity index (χ1) is 17.2. The Hall–Kier alpha value is -4.81. The van der Waals surface area contributed by atoms with Crippen molar-refractivity contribution in [2.75, 3.05) is 0 Å². The fourth-order valence-electron chi connectivity index (χ4n) is 5.48. The van der Waals surface area contributed by atoms with Crippen molar-refractivity contribution in [1.29, 1.82) is 0 Å². The van der Waals surface area contributed by atoms with E-state index in [0.717, 1.165) is 16.6 Å². The van der Waals surface area contributed by atoms with Gasteiger partial charge in [-0.25, -0.2) is 4.85 Å². The fraction of sp³-hybridized carbons (Fsp3) is 0.0312. The summed E-state index contributed by atoms with van der Waals surface area (Å²) in [6.45, 7) is 7.43. The predicted molar refractivity (Wildman–Crippen MR) is 146 cm³/mol. The van der Waals surface area contributed by atoms with Gasteiger partial charge in [0.05, 0.1) is 17.6 Å². The highest BCUT2D eigenvalue weighted by Gasteiger charge is 2.13. The van der Waals surface area contributed by atoms with Gasteiger partial charge in [0.25, 0.3) is 0 Å². The summed E-state index contributed by atoms with van der Waals surface area (Å²) in [4.78, 5) is 3.65. The molecule has 7 aromatic rings. The van der Waals surface area contributed by atoms with Crippen molar-refractivity contribution in [3.05, 3.63) is 121 Å². The zero-order valence-corrected chi connectivity index (χ0v) is 19.2. The van der Waals surface area contributed by atoms with Crippen molar-refractivity contribution < 1.29 is 0 Å². The minimum atomic E-state index is 0.670. The van der Waals surface area contributed by atoms with Crippen molar-refractivity contribution in [2.45, 2.75) is 0 Å². The number of aromatic nitrogens is 2. The average molecular weight is 448 g/mol. The van der Waals surface area contributed by atoms with Gasteiger partial charge in [0.1, 0.15) is 0 Å². The SMILES string of the molecule is [C-]#[N+]c1ccc2c(c1)c1cc(-c3cccc(-n4c5ccccc5c5ccccc54)c3)ccc1n2C. The summed E-state index contributed by atoms with van der Waals surface area (Å²) in [5.41, 5.74) is 8.89. The van der Waals surface area contributed by atoms with E-state index in [1.807, 2.05) is 18.2 Å². The van der Waals surface area contributed by atoms with Crippen molar-refractivity contribution in [2.24, 2.45) is 7.05 Å². The molecule has 0 amide bonds. The van der Waals surface area contributed by atoms with Gasteiger partial charge in [-0.05, 0) is 65.0 Å². The van der Waals surface area contributed by atoms with E-state index in [9.17, 15) is 0 Å². The van der Waals surface area contributed by atoms with Crippen LogP contribution >= 0.6 is 0 Å². The zero-order chi connectivity index (χ0) is 23.5. The molecule has 3 nitrogen and oxygen atoms in total. The summed E-state index contributed by atoms with van der Waals surface area (Å²) in [5.74, 6) is 0. The van der Waals surface area contributed by atoms with Crippen LogP contribution in [0.15, 0.2) is 109 Å². The van der Waals surface area contributed by atoms with Crippen LogP contribution in [0.3, 0.4) is 0 Å². The molecule has 7 rings (SSSR count). The first-order valence-electron chi connectivity index (χ1n) is 11.7. The van der Waals surface area contributed by atoms with E-state index < -0.39 is 0 Å². The summed E-state index contributed by atoms with van der Waals surface area (Å²) in [6.07, 6.45) is 0. The Bertz CT molecular complexity index is 1930. The Balaban J connectivity index is 1.45. The number of hydrogen-bond donors (Lipinski definition) is 0. The second-order valence-corrected chi connectivity index (χ2v) is 9.02. The zero-order valence-electron chi connectivity index (χ0n) is 19.2. The number of aryl methyl sites for hydroxylation is 1. The lowest BCUT2D eigenvalue weighted by atomic mass is 10.0. The maximum Gasteiger partial charge on any atom is 0.188 e. The molecule has 0 aliphatic rings. The Morgan fingerprint density at radius 1 is 0.543 bits per heavy atom. The van der Waals surface area contributed by atoms with Gasteiger partial charge in [-0.1, -0.05) is 60.7 Å². The van der Waals surface area contributed by atoms with Gasteiger partial charge in [-0.2, -0.15) is 0 Å². The quantitative estimate of drug-likeness (QED) is 0.236. The number of nitrogens with zero attached hydrogens (tertiary/aromatic N) is 3. The van der Waals surface area contributed by atoms with Gasteiger partial charge < -0.3 is 9.13 Å². The summed E-state index contributed by atoms with van der Waals surface area (Å²) >= 11 is 0. The second kappa shape index (κ2) is 7.35. The Labute approximate surface area is 202 Å². The van der Waals surface area contributed by atoms with Gasteiger partial charge in [0.2, 0.25) is 0 Å². The monoisotopic (exact) mass is 447 g/mol. The van der Waals surface area contributed by atoms with Gasteiger partial charge >= 0.3 is 0 Å². The van der Waals surface area contributed by atoms with Gasteiger partial charge in [-0.15, -0.1) is 0 Å². The van der Waals surface area contributed by atoms with E-state index in [-0.39, 0.29) is 0 Å². The van der Waals surface area contributed by atoms with Gasteiger partial charge in [0, 0.05) is 39.9 Å². The molecule has 0 saturated heterocycles. The molecular formula is C32H21N3. The maximum absolute atomic E-state index is 7.43. The van der Waals surface area contributed by atoms with Crippen LogP contribution in [0.4, 0.5) is 5.69 Å². The molecule has 0 spiro atoms. The minimum Gasteiger partial charge on any atom is -0.344 e. The lowest BCUT2D eigenvalue weighted by molar-refractivity contribution is 1.01. The van der Waals surface area contributed by atoms with E-state index in [1.54, 1.807) is 0 Å². The van der Waals surface area contributed by atoms with Crippen molar-refractivity contribution in [3.8, 4) is 16.8 Å². The summed E-state index contributed by atoms with van der Waals surface area (Å²) in [6, 6.07) is 38.6. The van der Waals surface area contributed by atoms with Crippen LogP contribution in [0.1, 0.15) is 0 Å². The Morgan fingerprint density at radius 3 is 1.89 bits per heavy atom. The molecule has 3 heteroatoms. The molecule has 0 unspecified atom stereocenters. The summed E-state index contributed by atoms with van der Waals surface area (Å²) in [7, 11) is 2.09. The summed E-state index contributed by atoms with van der Waals surface area (Å²) in [5, 5.41) is 4.83. The number of hydrogen-bond acceptors (Lipinski definition) is 0. The molecular weight excluding hydrogens is 426 g/mol. The highest BCUT2D eigenvalue weighted by Crippen LogP contribution is 2.36. The minimum absolute atomic E-state index is 0.670. The molecule has 2 aromatic heterocycles. The first-order valence-corrected chi connectivity index (χ1v) is 11.7. The van der Waals surface area contributed by atoms with E-state index in [4.69, 9.17) is 6.57 Å². The van der Waals surface area contributed by atoms with Crippen LogP contribution in [-0.2, 0) is 7.05 Å². The predicted octanol–water partition coefficient (Wildman–Crippen LogP) is 8.65. The van der Waals surface area contributed by atoms with Crippen molar-refractivity contribution in [1.82, 2.24) is 9.13 Å². The van der Waals surface area contributed by atoms with Gasteiger partial charge in [-0.3, -0.25) is 0 Å². The lowest BCUT2D eigenvalue weighted by Gasteiger charge is -2.10. The molecule has 0 saturated carbocycles. The highest BCUT2D eigenvalue weighted by molar-refractivity contribution is 6.11. The summed E-state index contributed by atoms with van der Waals surface area (Å²) < 4.78 is 4.56. The first kappa shape index (κ1) is 19.6. The molecule has 0 N–H and O–H groups in total. The molecule has 5 aromatic carbocycles. The second-order valence-electron chi connectivity index (χ2n) is 9.02. The fourth-order valence-corrected chi connectivity index (χ4v) is 5.48. The third kappa shape index (κ3) is 2.84. The van der Waals surface area contributed by atoms with E-state index >= 15 is 0 Å². The van der Waals surface area contributed by atoms with Crippen LogP contribution < -0.4 is 0 Å². The van der Waals surface area contributed by atoms with Crippen molar-refractivity contribution in [3.63, 3.8) is 0 Å². The normalized spacial score (nSPS) is 11.5. The number of fused-ring (bicyclic) bond motifs is 6. The molecule has 0 aliphatic carbocycles. The van der Waals surface area contributed by atoms with E-state index in [2.05, 4.69) is 112 Å². The molecule has 0 radical (unpaired) electrons. The average Bonchev–Trinajstić information content (AvgIpc) is 3.40. The molecule has 2 heterocycles. The van der Waals surface area contributed by atoms with Crippen LogP contribution in [0.25, 0.3) is 65.3 Å². The molecule has 0 bridgehead atoms. The van der Waals surface area contributed by atoms with Crippen LogP contribution in [0.2, 0.25) is 0 Å². The number of para-hydroxylation sites is 2. The smallest absolute Gasteiger partial charge is 0.188 e. The van der Waals surface area contributed by atoms with Crippen molar-refractivity contribution >= 4 is 49.3 Å². The Kier molecular flexibility index (Phi) is 4.12. The maximum atomic E-state index is 7.43. The third-order valence-corrected chi connectivity index (χ3v) is 7.14. The highest BCUT2D eigenvalue weighted by atomic mass is 15.0. The molecule has 0 aliphatic heterocycles. The topological polar surface area (TPSA) is 14.2 Å². The Morgan fingerprint density at radius 2 is 1.17 bits per heavy atom. The molecule has 164 valence electrons. The van der Waals surface area contributed by atoms with Crippen LogP contribution in [0, 0.1) is 6.57 Å². The number of rotatable bonds is 2. The largest absolute Gasteiger partial charge is 0.344 e. The lowest BCUT2D eigenvalue weighted by Crippen LogP contribution is -1.94. The van der Waals surface area contributed by atoms with Gasteiger partial charge in [0.15, 0.2) is 5.69 Å². The van der Waals surface area contributed by atoms with Crippen LogP contribution in [0.5, 0.6) is 0 Å².